The standard InChI is InChI=1S/C10H17N3S/c1-8-10(3-5-14-8)12-4-2-9-6-11-7-13-9/h6-8,10,12H,2-5H2,1H3,(H,11,13). The summed E-state index contributed by atoms with van der Waals surface area (Å²) in [5, 5.41) is 4.38. The summed E-state index contributed by atoms with van der Waals surface area (Å²) < 4.78 is 0. The Labute approximate surface area is 89.1 Å². The fraction of sp³-hybridized carbons (Fsp3) is 0.700. The quantitative estimate of drug-likeness (QED) is 0.791. The molecule has 0 aliphatic carbocycles. The zero-order valence-corrected chi connectivity index (χ0v) is 9.31. The lowest BCUT2D eigenvalue weighted by molar-refractivity contribution is 0.515. The summed E-state index contributed by atoms with van der Waals surface area (Å²) in [7, 11) is 0. The number of nitrogens with zero attached hydrogens (tertiary/aromatic N) is 1. The van der Waals surface area contributed by atoms with E-state index in [-0.39, 0.29) is 0 Å². The van der Waals surface area contributed by atoms with E-state index in [4.69, 9.17) is 0 Å². The van der Waals surface area contributed by atoms with Crippen LogP contribution in [0.3, 0.4) is 0 Å². The zero-order chi connectivity index (χ0) is 9.80. The number of aromatic amines is 1. The van der Waals surface area contributed by atoms with Gasteiger partial charge in [0.15, 0.2) is 0 Å². The molecule has 1 saturated heterocycles. The molecular weight excluding hydrogens is 194 g/mol. The van der Waals surface area contributed by atoms with Gasteiger partial charge in [-0.25, -0.2) is 4.98 Å². The molecule has 2 unspecified atom stereocenters. The lowest BCUT2D eigenvalue weighted by atomic mass is 10.1. The van der Waals surface area contributed by atoms with Crippen LogP contribution in [0.25, 0.3) is 0 Å². The summed E-state index contributed by atoms with van der Waals surface area (Å²) in [5.41, 5.74) is 1.22. The van der Waals surface area contributed by atoms with Crippen LogP contribution in [0.2, 0.25) is 0 Å². The molecule has 2 N–H and O–H groups in total. The molecule has 0 aromatic carbocycles. The third-order valence-electron chi connectivity index (χ3n) is 2.73. The van der Waals surface area contributed by atoms with Gasteiger partial charge in [-0.2, -0.15) is 11.8 Å². The highest BCUT2D eigenvalue weighted by molar-refractivity contribution is 8.00. The second-order valence-corrected chi connectivity index (χ2v) is 5.24. The molecule has 1 aromatic rings. The predicted molar refractivity (Wildman–Crippen MR) is 60.6 cm³/mol. The molecule has 1 aliphatic rings. The summed E-state index contributed by atoms with van der Waals surface area (Å²) in [6.07, 6.45) is 6.00. The van der Waals surface area contributed by atoms with Gasteiger partial charge in [-0.1, -0.05) is 6.92 Å². The number of H-pyrrole nitrogens is 1. The third-order valence-corrected chi connectivity index (χ3v) is 4.06. The minimum atomic E-state index is 0.711. The van der Waals surface area contributed by atoms with Crippen molar-refractivity contribution in [2.45, 2.75) is 31.1 Å². The van der Waals surface area contributed by atoms with Crippen molar-refractivity contribution in [1.29, 1.82) is 0 Å². The van der Waals surface area contributed by atoms with Crippen molar-refractivity contribution in [3.05, 3.63) is 18.2 Å². The topological polar surface area (TPSA) is 40.7 Å². The first-order valence-electron chi connectivity index (χ1n) is 5.18. The first-order valence-corrected chi connectivity index (χ1v) is 6.23. The molecule has 0 saturated carbocycles. The Morgan fingerprint density at radius 2 is 2.64 bits per heavy atom. The normalized spacial score (nSPS) is 26.9. The molecule has 0 bridgehead atoms. The first kappa shape index (κ1) is 10.1. The summed E-state index contributed by atoms with van der Waals surface area (Å²) in [4.78, 5) is 7.12. The number of nitrogens with one attached hydrogen (secondary N) is 2. The Balaban J connectivity index is 1.68. The van der Waals surface area contributed by atoms with Crippen molar-refractivity contribution < 1.29 is 0 Å². The molecule has 4 heteroatoms. The molecule has 2 atom stereocenters. The van der Waals surface area contributed by atoms with E-state index in [9.17, 15) is 0 Å². The maximum Gasteiger partial charge on any atom is 0.0921 e. The third kappa shape index (κ3) is 2.51. The number of imidazole rings is 1. The molecule has 0 spiro atoms. The molecule has 0 amide bonds. The van der Waals surface area contributed by atoms with Crippen LogP contribution in [0.1, 0.15) is 19.0 Å². The van der Waals surface area contributed by atoms with Gasteiger partial charge in [0, 0.05) is 36.1 Å². The summed E-state index contributed by atoms with van der Waals surface area (Å²) >= 11 is 2.07. The Morgan fingerprint density at radius 1 is 1.71 bits per heavy atom. The van der Waals surface area contributed by atoms with Gasteiger partial charge in [-0.05, 0) is 12.2 Å². The Kier molecular flexibility index (Phi) is 3.48. The van der Waals surface area contributed by atoms with Crippen LogP contribution in [0.5, 0.6) is 0 Å². The molecule has 0 radical (unpaired) electrons. The van der Waals surface area contributed by atoms with Gasteiger partial charge in [0.05, 0.1) is 6.33 Å². The minimum Gasteiger partial charge on any atom is -0.348 e. The highest BCUT2D eigenvalue weighted by Gasteiger charge is 2.22. The summed E-state index contributed by atoms with van der Waals surface area (Å²) in [6.45, 7) is 3.36. The van der Waals surface area contributed by atoms with E-state index in [1.165, 1.54) is 17.9 Å². The average Bonchev–Trinajstić information content (AvgIpc) is 2.78. The average molecular weight is 211 g/mol. The van der Waals surface area contributed by atoms with Crippen molar-refractivity contribution in [2.75, 3.05) is 12.3 Å². The van der Waals surface area contributed by atoms with E-state index >= 15 is 0 Å². The maximum absolute atomic E-state index is 4.00. The highest BCUT2D eigenvalue weighted by atomic mass is 32.2. The van der Waals surface area contributed by atoms with Crippen molar-refractivity contribution in [3.8, 4) is 0 Å². The van der Waals surface area contributed by atoms with Crippen molar-refractivity contribution in [2.24, 2.45) is 0 Å². The van der Waals surface area contributed by atoms with E-state index in [1.54, 1.807) is 6.33 Å². The monoisotopic (exact) mass is 211 g/mol. The number of thioether (sulfide) groups is 1. The second kappa shape index (κ2) is 4.84. The van der Waals surface area contributed by atoms with E-state index in [0.29, 0.717) is 6.04 Å². The van der Waals surface area contributed by atoms with Crippen molar-refractivity contribution >= 4 is 11.8 Å². The van der Waals surface area contributed by atoms with Gasteiger partial charge in [-0.3, -0.25) is 0 Å². The van der Waals surface area contributed by atoms with Crippen molar-refractivity contribution in [1.82, 2.24) is 15.3 Å². The van der Waals surface area contributed by atoms with E-state index in [0.717, 1.165) is 18.2 Å². The van der Waals surface area contributed by atoms with Gasteiger partial charge in [0.2, 0.25) is 0 Å². The summed E-state index contributed by atoms with van der Waals surface area (Å²) in [5.74, 6) is 1.31. The largest absolute Gasteiger partial charge is 0.348 e. The predicted octanol–water partition coefficient (Wildman–Crippen LogP) is 1.44. The number of aromatic nitrogens is 2. The van der Waals surface area contributed by atoms with Crippen LogP contribution >= 0.6 is 11.8 Å². The SMILES string of the molecule is CC1SCCC1NCCc1cnc[nH]1. The van der Waals surface area contributed by atoms with Gasteiger partial charge in [-0.15, -0.1) is 0 Å². The molecule has 1 aliphatic heterocycles. The van der Waals surface area contributed by atoms with Crippen LogP contribution in [-0.4, -0.2) is 33.6 Å². The Bertz CT molecular complexity index is 260. The molecule has 1 fully saturated rings. The number of hydrogen-bond donors (Lipinski definition) is 2. The van der Waals surface area contributed by atoms with Crippen LogP contribution in [0.15, 0.2) is 12.5 Å². The van der Waals surface area contributed by atoms with Crippen LogP contribution < -0.4 is 5.32 Å². The highest BCUT2D eigenvalue weighted by Crippen LogP contribution is 2.25. The van der Waals surface area contributed by atoms with Gasteiger partial charge in [0.25, 0.3) is 0 Å². The first-order chi connectivity index (χ1) is 6.86. The van der Waals surface area contributed by atoms with E-state index in [2.05, 4.69) is 34.0 Å². The van der Waals surface area contributed by atoms with E-state index < -0.39 is 0 Å². The molecule has 2 heterocycles. The molecule has 2 rings (SSSR count). The van der Waals surface area contributed by atoms with Gasteiger partial charge < -0.3 is 10.3 Å². The lowest BCUT2D eigenvalue weighted by Crippen LogP contribution is -2.34. The van der Waals surface area contributed by atoms with Gasteiger partial charge in [0.1, 0.15) is 0 Å². The maximum atomic E-state index is 4.00. The lowest BCUT2D eigenvalue weighted by Gasteiger charge is -2.15. The molecule has 14 heavy (non-hydrogen) atoms. The second-order valence-electron chi connectivity index (χ2n) is 3.75. The van der Waals surface area contributed by atoms with Crippen LogP contribution in [-0.2, 0) is 6.42 Å². The smallest absolute Gasteiger partial charge is 0.0921 e. The summed E-state index contributed by atoms with van der Waals surface area (Å²) in [6, 6.07) is 0.711. The Hall–Kier alpha value is -0.480. The molecule has 3 nitrogen and oxygen atoms in total. The number of rotatable bonds is 4. The molecule has 1 aromatic heterocycles. The van der Waals surface area contributed by atoms with Crippen molar-refractivity contribution in [3.63, 3.8) is 0 Å². The zero-order valence-electron chi connectivity index (χ0n) is 8.49. The minimum absolute atomic E-state index is 0.711. The van der Waals surface area contributed by atoms with E-state index in [1.807, 2.05) is 6.20 Å². The van der Waals surface area contributed by atoms with Crippen LogP contribution in [0, 0.1) is 0 Å². The van der Waals surface area contributed by atoms with Crippen LogP contribution in [0.4, 0.5) is 0 Å². The van der Waals surface area contributed by atoms with Gasteiger partial charge >= 0.3 is 0 Å². The molecular formula is C10H17N3S. The molecule has 78 valence electrons. The fourth-order valence-corrected chi connectivity index (χ4v) is 3.04. The Morgan fingerprint density at radius 3 is 3.29 bits per heavy atom. The number of hydrogen-bond acceptors (Lipinski definition) is 3. The fourth-order valence-electron chi connectivity index (χ4n) is 1.81.